The Balaban J connectivity index is 0.00000144. The molecule has 0 aromatic heterocycles. The molecular formula is C18H21ClN2S. The van der Waals surface area contributed by atoms with Gasteiger partial charge in [0.1, 0.15) is 0 Å². The van der Waals surface area contributed by atoms with Crippen molar-refractivity contribution in [3.8, 4) is 0 Å². The summed E-state index contributed by atoms with van der Waals surface area (Å²) in [6, 6.07) is 15.3. The van der Waals surface area contributed by atoms with Crippen LogP contribution in [0.5, 0.6) is 0 Å². The summed E-state index contributed by atoms with van der Waals surface area (Å²) in [5, 5.41) is 3.65. The van der Waals surface area contributed by atoms with Crippen LogP contribution in [-0.4, -0.2) is 24.5 Å². The molecule has 4 heteroatoms. The predicted molar refractivity (Wildman–Crippen MR) is 96.9 cm³/mol. The average Bonchev–Trinajstić information content (AvgIpc) is 3.04. The molecule has 2 aromatic rings. The summed E-state index contributed by atoms with van der Waals surface area (Å²) in [4.78, 5) is 5.26. The standard InChI is InChI=1S/C18H20N2S.ClH/c1-2-8-16-15(7-1)19-18-14(6-5-9-17(18)21-16)10-13-20-11-3-4-12-20;/h1-2,5-9,19H,3-4,10-13H2;1H. The number of hydrogen-bond acceptors (Lipinski definition) is 3. The molecule has 22 heavy (non-hydrogen) atoms. The third-order valence-corrected chi connectivity index (χ3v) is 5.51. The summed E-state index contributed by atoms with van der Waals surface area (Å²) >= 11 is 1.88. The Kier molecular flexibility index (Phi) is 4.97. The average molecular weight is 333 g/mol. The van der Waals surface area contributed by atoms with Crippen LogP contribution >= 0.6 is 24.2 Å². The third kappa shape index (κ3) is 3.12. The normalized spacial score (nSPS) is 16.4. The molecule has 2 heterocycles. The van der Waals surface area contributed by atoms with E-state index in [1.165, 1.54) is 59.2 Å². The molecule has 4 rings (SSSR count). The fourth-order valence-corrected chi connectivity index (χ4v) is 4.25. The number of likely N-dealkylation sites (tertiary alicyclic amines) is 1. The minimum absolute atomic E-state index is 0. The summed E-state index contributed by atoms with van der Waals surface area (Å²) in [5.41, 5.74) is 4.01. The maximum Gasteiger partial charge on any atom is 0.0559 e. The lowest BCUT2D eigenvalue weighted by atomic mass is 10.1. The van der Waals surface area contributed by atoms with Crippen molar-refractivity contribution in [1.82, 2.24) is 4.90 Å². The Hall–Kier alpha value is -1.16. The lowest BCUT2D eigenvalue weighted by Crippen LogP contribution is -2.22. The first-order valence-electron chi connectivity index (χ1n) is 7.78. The van der Waals surface area contributed by atoms with Gasteiger partial charge in [-0.1, -0.05) is 36.0 Å². The molecule has 0 amide bonds. The van der Waals surface area contributed by atoms with E-state index >= 15 is 0 Å². The second-order valence-corrected chi connectivity index (χ2v) is 6.90. The van der Waals surface area contributed by atoms with Crippen LogP contribution in [-0.2, 0) is 6.42 Å². The number of para-hydroxylation sites is 2. The van der Waals surface area contributed by atoms with Gasteiger partial charge in [-0.15, -0.1) is 12.4 Å². The van der Waals surface area contributed by atoms with E-state index in [9.17, 15) is 0 Å². The SMILES string of the molecule is Cl.c1ccc2c(c1)Nc1c(CCN3CCCC3)cccc1S2. The first-order chi connectivity index (χ1) is 10.4. The lowest BCUT2D eigenvalue weighted by molar-refractivity contribution is 0.343. The molecule has 2 aliphatic rings. The van der Waals surface area contributed by atoms with Crippen molar-refractivity contribution >= 4 is 35.5 Å². The molecule has 0 bridgehead atoms. The molecule has 0 unspecified atom stereocenters. The van der Waals surface area contributed by atoms with Gasteiger partial charge in [-0.05, 0) is 56.1 Å². The molecular weight excluding hydrogens is 312 g/mol. The van der Waals surface area contributed by atoms with Crippen molar-refractivity contribution in [2.75, 3.05) is 25.0 Å². The van der Waals surface area contributed by atoms with Gasteiger partial charge >= 0.3 is 0 Å². The number of hydrogen-bond donors (Lipinski definition) is 1. The number of nitrogens with one attached hydrogen (secondary N) is 1. The van der Waals surface area contributed by atoms with Crippen LogP contribution in [0.3, 0.4) is 0 Å². The van der Waals surface area contributed by atoms with Gasteiger partial charge in [-0.3, -0.25) is 0 Å². The van der Waals surface area contributed by atoms with Crippen molar-refractivity contribution < 1.29 is 0 Å². The monoisotopic (exact) mass is 332 g/mol. The van der Waals surface area contributed by atoms with Gasteiger partial charge in [-0.25, -0.2) is 0 Å². The fourth-order valence-electron chi connectivity index (χ4n) is 3.21. The van der Waals surface area contributed by atoms with Gasteiger partial charge in [0.05, 0.1) is 11.4 Å². The van der Waals surface area contributed by atoms with E-state index in [0.717, 1.165) is 6.42 Å². The number of nitrogens with zero attached hydrogens (tertiary/aromatic N) is 1. The maximum absolute atomic E-state index is 3.65. The van der Waals surface area contributed by atoms with Crippen LogP contribution in [0.15, 0.2) is 52.3 Å². The highest BCUT2D eigenvalue weighted by atomic mass is 35.5. The van der Waals surface area contributed by atoms with Crippen LogP contribution in [0.1, 0.15) is 18.4 Å². The van der Waals surface area contributed by atoms with Crippen molar-refractivity contribution in [2.24, 2.45) is 0 Å². The number of fused-ring (bicyclic) bond motifs is 2. The van der Waals surface area contributed by atoms with E-state index in [1.807, 2.05) is 11.8 Å². The molecule has 0 atom stereocenters. The molecule has 1 N–H and O–H groups in total. The maximum atomic E-state index is 3.65. The zero-order valence-electron chi connectivity index (χ0n) is 12.5. The van der Waals surface area contributed by atoms with Crippen molar-refractivity contribution in [1.29, 1.82) is 0 Å². The number of rotatable bonds is 3. The molecule has 2 aromatic carbocycles. The Morgan fingerprint density at radius 1 is 0.955 bits per heavy atom. The van der Waals surface area contributed by atoms with Gasteiger partial charge in [0, 0.05) is 16.3 Å². The number of halogens is 1. The zero-order valence-corrected chi connectivity index (χ0v) is 14.2. The van der Waals surface area contributed by atoms with Gasteiger partial charge in [0.2, 0.25) is 0 Å². The Labute approximate surface area is 142 Å². The molecule has 0 aliphatic carbocycles. The molecule has 116 valence electrons. The van der Waals surface area contributed by atoms with E-state index in [2.05, 4.69) is 52.7 Å². The van der Waals surface area contributed by atoms with Crippen molar-refractivity contribution in [3.63, 3.8) is 0 Å². The van der Waals surface area contributed by atoms with Crippen molar-refractivity contribution in [3.05, 3.63) is 48.0 Å². The zero-order chi connectivity index (χ0) is 14.1. The van der Waals surface area contributed by atoms with Crippen LogP contribution in [0.25, 0.3) is 0 Å². The third-order valence-electron chi connectivity index (χ3n) is 4.38. The lowest BCUT2D eigenvalue weighted by Gasteiger charge is -2.24. The first-order valence-corrected chi connectivity index (χ1v) is 8.60. The summed E-state index contributed by atoms with van der Waals surface area (Å²) in [7, 11) is 0. The summed E-state index contributed by atoms with van der Waals surface area (Å²) < 4.78 is 0. The molecule has 1 fully saturated rings. The van der Waals surface area contributed by atoms with Crippen LogP contribution < -0.4 is 5.32 Å². The summed E-state index contributed by atoms with van der Waals surface area (Å²) in [6.45, 7) is 3.74. The molecule has 2 nitrogen and oxygen atoms in total. The molecule has 0 radical (unpaired) electrons. The van der Waals surface area contributed by atoms with E-state index in [-0.39, 0.29) is 12.4 Å². The fraction of sp³-hybridized carbons (Fsp3) is 0.333. The highest BCUT2D eigenvalue weighted by Gasteiger charge is 2.18. The molecule has 1 saturated heterocycles. The smallest absolute Gasteiger partial charge is 0.0559 e. The second-order valence-electron chi connectivity index (χ2n) is 5.81. The molecule has 0 saturated carbocycles. The minimum Gasteiger partial charge on any atom is -0.353 e. The van der Waals surface area contributed by atoms with Gasteiger partial charge in [-0.2, -0.15) is 0 Å². The predicted octanol–water partition coefficient (Wildman–Crippen LogP) is 4.95. The second kappa shape index (κ2) is 6.95. The van der Waals surface area contributed by atoms with Crippen molar-refractivity contribution in [2.45, 2.75) is 29.1 Å². The quantitative estimate of drug-likeness (QED) is 0.730. The highest BCUT2D eigenvalue weighted by molar-refractivity contribution is 7.99. The Morgan fingerprint density at radius 3 is 2.59 bits per heavy atom. The Morgan fingerprint density at radius 2 is 1.73 bits per heavy atom. The molecule has 2 aliphatic heterocycles. The van der Waals surface area contributed by atoms with Gasteiger partial charge in [0.25, 0.3) is 0 Å². The van der Waals surface area contributed by atoms with E-state index in [1.54, 1.807) is 0 Å². The summed E-state index contributed by atoms with van der Waals surface area (Å²) in [6.07, 6.45) is 3.88. The Bertz CT molecular complexity index is 653. The molecule has 0 spiro atoms. The number of benzene rings is 2. The van der Waals surface area contributed by atoms with Crippen LogP contribution in [0.4, 0.5) is 11.4 Å². The summed E-state index contributed by atoms with van der Waals surface area (Å²) in [5.74, 6) is 0. The van der Waals surface area contributed by atoms with E-state index < -0.39 is 0 Å². The van der Waals surface area contributed by atoms with Crippen LogP contribution in [0.2, 0.25) is 0 Å². The first kappa shape index (κ1) is 15.7. The van der Waals surface area contributed by atoms with E-state index in [4.69, 9.17) is 0 Å². The number of anilines is 2. The highest BCUT2D eigenvalue weighted by Crippen LogP contribution is 2.45. The van der Waals surface area contributed by atoms with Gasteiger partial charge < -0.3 is 10.2 Å². The minimum atomic E-state index is 0. The topological polar surface area (TPSA) is 15.3 Å². The van der Waals surface area contributed by atoms with Gasteiger partial charge in [0.15, 0.2) is 0 Å². The van der Waals surface area contributed by atoms with Crippen LogP contribution in [0, 0.1) is 0 Å². The van der Waals surface area contributed by atoms with E-state index in [0.29, 0.717) is 0 Å². The largest absolute Gasteiger partial charge is 0.353 e.